The van der Waals surface area contributed by atoms with Crippen LogP contribution in [-0.2, 0) is 0 Å². The van der Waals surface area contributed by atoms with Gasteiger partial charge in [0.15, 0.2) is 0 Å². The van der Waals surface area contributed by atoms with Gasteiger partial charge in [-0.1, -0.05) is 58.0 Å². The average molecular weight is 240 g/mol. The molecular weight excluding hydrogens is 232 g/mol. The first-order valence-electron chi connectivity index (χ1n) is 5.22. The van der Waals surface area contributed by atoms with Crippen molar-refractivity contribution in [3.05, 3.63) is 48.5 Å². The molecule has 0 atom stereocenters. The van der Waals surface area contributed by atoms with Crippen molar-refractivity contribution in [3.8, 4) is 0 Å². The summed E-state index contributed by atoms with van der Waals surface area (Å²) in [4.78, 5) is 2.82. The molecule has 0 fully saturated rings. The van der Waals surface area contributed by atoms with E-state index >= 15 is 0 Å². The molecule has 0 aromatic heterocycles. The van der Waals surface area contributed by atoms with Crippen LogP contribution < -0.4 is 0 Å². The van der Waals surface area contributed by atoms with Crippen molar-refractivity contribution in [2.24, 2.45) is 0 Å². The van der Waals surface area contributed by atoms with Gasteiger partial charge >= 0.3 is 0 Å². The lowest BCUT2D eigenvalue weighted by atomic mass is 10.0. The molecule has 0 saturated heterocycles. The average Bonchev–Trinajstić information content (AvgIpc) is 2.75. The normalized spacial score (nSPS) is 13.8. The monoisotopic (exact) mass is 240 g/mol. The first-order valence-corrected chi connectivity index (χ1v) is 7.37. The van der Waals surface area contributed by atoms with E-state index in [1.807, 2.05) is 21.6 Å². The van der Waals surface area contributed by atoms with Gasteiger partial charge in [0.2, 0.25) is 0 Å². The SMILES string of the molecule is c1ccc2c(c1)cc1c3c(cccc32)SS1. The molecule has 1 aliphatic rings. The van der Waals surface area contributed by atoms with E-state index in [1.54, 1.807) is 0 Å². The second kappa shape index (κ2) is 3.19. The Labute approximate surface area is 101 Å². The zero-order chi connectivity index (χ0) is 10.5. The molecule has 0 spiro atoms. The highest BCUT2D eigenvalue weighted by molar-refractivity contribution is 8.77. The van der Waals surface area contributed by atoms with Crippen LogP contribution in [0.5, 0.6) is 0 Å². The van der Waals surface area contributed by atoms with Gasteiger partial charge in [-0.3, -0.25) is 0 Å². The van der Waals surface area contributed by atoms with E-state index in [1.165, 1.54) is 31.3 Å². The van der Waals surface area contributed by atoms with E-state index in [0.717, 1.165) is 0 Å². The Hall–Kier alpha value is -1.12. The minimum absolute atomic E-state index is 1.34. The van der Waals surface area contributed by atoms with Gasteiger partial charge in [0, 0.05) is 15.2 Å². The maximum absolute atomic E-state index is 2.31. The lowest BCUT2D eigenvalue weighted by molar-refractivity contribution is 1.49. The molecule has 76 valence electrons. The highest BCUT2D eigenvalue weighted by atomic mass is 33.1. The number of rotatable bonds is 0. The van der Waals surface area contributed by atoms with Crippen LogP contribution in [0.1, 0.15) is 0 Å². The van der Waals surface area contributed by atoms with Crippen molar-refractivity contribution in [2.45, 2.75) is 9.79 Å². The molecule has 3 aromatic carbocycles. The Morgan fingerprint density at radius 3 is 2.50 bits per heavy atom. The Balaban J connectivity index is 2.36. The van der Waals surface area contributed by atoms with E-state index < -0.39 is 0 Å². The Morgan fingerprint density at radius 1 is 0.688 bits per heavy atom. The number of benzene rings is 3. The lowest BCUT2D eigenvalue weighted by Crippen LogP contribution is -1.79. The fourth-order valence-corrected chi connectivity index (χ4v) is 4.83. The van der Waals surface area contributed by atoms with Gasteiger partial charge in [0.05, 0.1) is 0 Å². The third-order valence-electron chi connectivity index (χ3n) is 3.03. The van der Waals surface area contributed by atoms with Crippen LogP contribution >= 0.6 is 21.6 Å². The second-order valence-corrected chi connectivity index (χ2v) is 6.15. The van der Waals surface area contributed by atoms with E-state index in [-0.39, 0.29) is 0 Å². The summed E-state index contributed by atoms with van der Waals surface area (Å²) in [6.45, 7) is 0. The van der Waals surface area contributed by atoms with E-state index in [4.69, 9.17) is 0 Å². The Bertz CT molecular complexity index is 716. The molecule has 3 aromatic rings. The summed E-state index contributed by atoms with van der Waals surface area (Å²) < 4.78 is 0. The van der Waals surface area contributed by atoms with Gasteiger partial charge in [-0.2, -0.15) is 0 Å². The lowest BCUT2D eigenvalue weighted by Gasteiger charge is -2.05. The molecule has 0 bridgehead atoms. The maximum atomic E-state index is 2.31. The second-order valence-electron chi connectivity index (χ2n) is 3.94. The summed E-state index contributed by atoms with van der Waals surface area (Å²) in [5.74, 6) is 0. The molecule has 2 heteroatoms. The summed E-state index contributed by atoms with van der Waals surface area (Å²) >= 11 is 0. The maximum Gasteiger partial charge on any atom is 0.0282 e. The summed E-state index contributed by atoms with van der Waals surface area (Å²) in [7, 11) is 3.75. The molecule has 0 amide bonds. The van der Waals surface area contributed by atoms with E-state index in [9.17, 15) is 0 Å². The first kappa shape index (κ1) is 8.97. The van der Waals surface area contributed by atoms with Crippen molar-refractivity contribution in [3.63, 3.8) is 0 Å². The predicted octanol–water partition coefficient (Wildman–Crippen LogP) is 5.11. The van der Waals surface area contributed by atoms with Gasteiger partial charge in [-0.05, 0) is 28.3 Å². The van der Waals surface area contributed by atoms with Crippen LogP contribution in [0.25, 0.3) is 21.5 Å². The van der Waals surface area contributed by atoms with Crippen molar-refractivity contribution >= 4 is 43.1 Å². The minimum atomic E-state index is 1.34. The smallest absolute Gasteiger partial charge is 0.0282 e. The molecule has 0 unspecified atom stereocenters. The number of hydrogen-bond donors (Lipinski definition) is 0. The third kappa shape index (κ3) is 1.09. The van der Waals surface area contributed by atoms with Crippen molar-refractivity contribution in [1.29, 1.82) is 0 Å². The van der Waals surface area contributed by atoms with Gasteiger partial charge in [-0.25, -0.2) is 0 Å². The third-order valence-corrected chi connectivity index (χ3v) is 5.46. The minimum Gasteiger partial charge on any atom is -0.0616 e. The summed E-state index contributed by atoms with van der Waals surface area (Å²) in [6.07, 6.45) is 0. The molecule has 1 aliphatic heterocycles. The van der Waals surface area contributed by atoms with E-state index in [0.29, 0.717) is 0 Å². The zero-order valence-electron chi connectivity index (χ0n) is 8.44. The van der Waals surface area contributed by atoms with Crippen molar-refractivity contribution < 1.29 is 0 Å². The van der Waals surface area contributed by atoms with Gasteiger partial charge in [0.1, 0.15) is 0 Å². The standard InChI is InChI=1S/C14H8S2/c1-2-5-10-9(4-1)8-13-14-11(10)6-3-7-12(14)15-16-13/h1-8H. The molecule has 0 radical (unpaired) electrons. The number of hydrogen-bond acceptors (Lipinski definition) is 2. The molecule has 16 heavy (non-hydrogen) atoms. The molecule has 0 saturated carbocycles. The fourth-order valence-electron chi connectivity index (χ4n) is 2.32. The van der Waals surface area contributed by atoms with Gasteiger partial charge in [-0.15, -0.1) is 0 Å². The van der Waals surface area contributed by atoms with Crippen LogP contribution in [0, 0.1) is 0 Å². The summed E-state index contributed by atoms with van der Waals surface area (Å²) in [5, 5.41) is 5.54. The summed E-state index contributed by atoms with van der Waals surface area (Å²) in [5.41, 5.74) is 0. The molecule has 0 N–H and O–H groups in total. The highest BCUT2D eigenvalue weighted by Gasteiger charge is 2.17. The van der Waals surface area contributed by atoms with Crippen LogP contribution in [0.3, 0.4) is 0 Å². The zero-order valence-corrected chi connectivity index (χ0v) is 10.1. The van der Waals surface area contributed by atoms with Crippen LogP contribution in [0.4, 0.5) is 0 Å². The van der Waals surface area contributed by atoms with Crippen molar-refractivity contribution in [2.75, 3.05) is 0 Å². The van der Waals surface area contributed by atoms with Gasteiger partial charge in [0.25, 0.3) is 0 Å². The molecule has 0 nitrogen and oxygen atoms in total. The largest absolute Gasteiger partial charge is 0.0616 e. The van der Waals surface area contributed by atoms with Crippen LogP contribution in [0.2, 0.25) is 0 Å². The van der Waals surface area contributed by atoms with Crippen molar-refractivity contribution in [1.82, 2.24) is 0 Å². The molecular formula is C14H8S2. The van der Waals surface area contributed by atoms with Crippen LogP contribution in [-0.4, -0.2) is 0 Å². The van der Waals surface area contributed by atoms with Gasteiger partial charge < -0.3 is 0 Å². The molecule has 0 aliphatic carbocycles. The summed E-state index contributed by atoms with van der Waals surface area (Å²) in [6, 6.07) is 17.6. The first-order chi connectivity index (χ1) is 7.93. The number of fused-ring (bicyclic) bond motifs is 2. The predicted molar refractivity (Wildman–Crippen MR) is 73.2 cm³/mol. The Kier molecular flexibility index (Phi) is 1.79. The topological polar surface area (TPSA) is 0 Å². The molecule has 4 rings (SSSR count). The molecule has 1 heterocycles. The van der Waals surface area contributed by atoms with Crippen LogP contribution in [0.15, 0.2) is 58.3 Å². The Morgan fingerprint density at radius 2 is 1.50 bits per heavy atom. The highest BCUT2D eigenvalue weighted by Crippen LogP contribution is 2.52. The van der Waals surface area contributed by atoms with E-state index in [2.05, 4.69) is 48.5 Å². The quantitative estimate of drug-likeness (QED) is 0.396. The fraction of sp³-hybridized carbons (Fsp3) is 0.